The van der Waals surface area contributed by atoms with E-state index in [1.807, 2.05) is 0 Å². The number of aldehydes is 1. The van der Waals surface area contributed by atoms with E-state index >= 15 is 0 Å². The van der Waals surface area contributed by atoms with E-state index in [9.17, 15) is 4.79 Å². The highest BCUT2D eigenvalue weighted by Crippen LogP contribution is 2.34. The molecule has 1 aromatic carbocycles. The van der Waals surface area contributed by atoms with Gasteiger partial charge in [-0.3, -0.25) is 4.79 Å². The Hall–Kier alpha value is -0.813. The monoisotopic (exact) mass is 302 g/mol. The summed E-state index contributed by atoms with van der Waals surface area (Å²) < 4.78 is 11.7. The molecular weight excluding hydrogens is 288 g/mol. The van der Waals surface area contributed by atoms with E-state index in [1.54, 1.807) is 19.2 Å². The van der Waals surface area contributed by atoms with Crippen LogP contribution >= 0.6 is 15.9 Å². The van der Waals surface area contributed by atoms with Crippen molar-refractivity contribution >= 4 is 30.5 Å². The summed E-state index contributed by atoms with van der Waals surface area (Å²) in [5, 5.41) is 0. The zero-order valence-corrected chi connectivity index (χ0v) is 12.4. The first-order chi connectivity index (χ1) is 7.37. The molecule has 0 aliphatic carbocycles. The third-order valence-corrected chi connectivity index (χ3v) is 3.22. The van der Waals surface area contributed by atoms with Gasteiger partial charge in [-0.15, -0.1) is 0 Å². The molecule has 0 aliphatic heterocycles. The minimum Gasteiger partial charge on any atom is -0.543 e. The number of ether oxygens (including phenoxy) is 1. The largest absolute Gasteiger partial charge is 0.543 e. The van der Waals surface area contributed by atoms with E-state index in [0.717, 1.165) is 10.8 Å². The average Bonchev–Trinajstić information content (AvgIpc) is 2.19. The highest BCUT2D eigenvalue weighted by Gasteiger charge is 2.20. The molecule has 0 N–H and O–H groups in total. The number of carbonyl (C=O) groups excluding carboxylic acids is 1. The van der Waals surface area contributed by atoms with Gasteiger partial charge < -0.3 is 9.16 Å². The van der Waals surface area contributed by atoms with Gasteiger partial charge in [-0.1, -0.05) is 0 Å². The van der Waals surface area contributed by atoms with E-state index in [2.05, 4.69) is 35.6 Å². The van der Waals surface area contributed by atoms with Gasteiger partial charge in [0.15, 0.2) is 6.29 Å². The maximum Gasteiger partial charge on any atom is 0.242 e. The second-order valence-electron chi connectivity index (χ2n) is 4.36. The van der Waals surface area contributed by atoms with E-state index in [1.165, 1.54) is 0 Å². The quantitative estimate of drug-likeness (QED) is 0.631. The number of methoxy groups -OCH3 is 1. The van der Waals surface area contributed by atoms with Crippen molar-refractivity contribution in [3.63, 3.8) is 0 Å². The van der Waals surface area contributed by atoms with Crippen LogP contribution in [0.5, 0.6) is 11.5 Å². The van der Waals surface area contributed by atoms with Gasteiger partial charge >= 0.3 is 0 Å². The van der Waals surface area contributed by atoms with Gasteiger partial charge in [0.25, 0.3) is 0 Å². The van der Waals surface area contributed by atoms with Crippen molar-refractivity contribution in [2.24, 2.45) is 0 Å². The maximum atomic E-state index is 11.0. The van der Waals surface area contributed by atoms with Crippen LogP contribution in [-0.4, -0.2) is 21.7 Å². The number of rotatable bonds is 4. The van der Waals surface area contributed by atoms with Gasteiger partial charge in [0.1, 0.15) is 11.5 Å². The lowest BCUT2D eigenvalue weighted by atomic mass is 10.2. The molecular formula is C11H15BrO3Si. The Morgan fingerprint density at radius 2 is 1.94 bits per heavy atom. The van der Waals surface area contributed by atoms with E-state index in [-0.39, 0.29) is 0 Å². The van der Waals surface area contributed by atoms with Crippen LogP contribution in [0, 0.1) is 0 Å². The second kappa shape index (κ2) is 5.01. The molecule has 0 unspecified atom stereocenters. The van der Waals surface area contributed by atoms with Gasteiger partial charge in [-0.2, -0.15) is 0 Å². The predicted octanol–water partition coefficient (Wildman–Crippen LogP) is 3.48. The van der Waals surface area contributed by atoms with E-state index in [4.69, 9.17) is 9.16 Å². The predicted molar refractivity (Wildman–Crippen MR) is 70.1 cm³/mol. The van der Waals surface area contributed by atoms with Crippen molar-refractivity contribution in [3.05, 3.63) is 22.2 Å². The molecule has 0 saturated carbocycles. The molecule has 0 saturated heterocycles. The molecule has 0 atom stereocenters. The Kier molecular flexibility index (Phi) is 4.15. The number of hydrogen-bond acceptors (Lipinski definition) is 3. The fourth-order valence-electron chi connectivity index (χ4n) is 1.21. The average molecular weight is 303 g/mol. The Morgan fingerprint density at radius 3 is 2.38 bits per heavy atom. The molecule has 5 heteroatoms. The van der Waals surface area contributed by atoms with E-state index in [0.29, 0.717) is 17.1 Å². The van der Waals surface area contributed by atoms with Crippen LogP contribution in [0.15, 0.2) is 16.6 Å². The molecule has 1 rings (SSSR count). The fraction of sp³-hybridized carbons (Fsp3) is 0.364. The van der Waals surface area contributed by atoms with Crippen molar-refractivity contribution in [3.8, 4) is 11.5 Å². The lowest BCUT2D eigenvalue weighted by molar-refractivity contribution is 0.112. The summed E-state index contributed by atoms with van der Waals surface area (Å²) in [7, 11) is -0.169. The highest BCUT2D eigenvalue weighted by molar-refractivity contribution is 9.10. The molecule has 0 fully saturated rings. The van der Waals surface area contributed by atoms with Gasteiger partial charge in [0.05, 0.1) is 17.1 Å². The summed E-state index contributed by atoms with van der Waals surface area (Å²) in [5.41, 5.74) is 0.508. The molecule has 88 valence electrons. The smallest absolute Gasteiger partial charge is 0.242 e. The minimum absolute atomic E-state index is 0.508. The number of halogens is 1. The minimum atomic E-state index is -1.73. The first-order valence-corrected chi connectivity index (χ1v) is 9.09. The Bertz CT molecular complexity index is 399. The second-order valence-corrected chi connectivity index (χ2v) is 9.64. The van der Waals surface area contributed by atoms with Gasteiger partial charge in [-0.05, 0) is 47.7 Å². The molecule has 0 radical (unpaired) electrons. The van der Waals surface area contributed by atoms with Crippen LogP contribution in [-0.2, 0) is 0 Å². The van der Waals surface area contributed by atoms with Crippen LogP contribution in [0.3, 0.4) is 0 Å². The third kappa shape index (κ3) is 3.35. The summed E-state index contributed by atoms with van der Waals surface area (Å²) in [5.74, 6) is 1.24. The Morgan fingerprint density at radius 1 is 1.31 bits per heavy atom. The van der Waals surface area contributed by atoms with E-state index < -0.39 is 8.32 Å². The normalized spacial score (nSPS) is 11.1. The molecule has 1 aromatic rings. The highest BCUT2D eigenvalue weighted by atomic mass is 79.9. The molecule has 0 bridgehead atoms. The Labute approximate surface area is 105 Å². The summed E-state index contributed by atoms with van der Waals surface area (Å²) in [4.78, 5) is 11.0. The van der Waals surface area contributed by atoms with Crippen molar-refractivity contribution in [1.82, 2.24) is 0 Å². The van der Waals surface area contributed by atoms with Crippen LogP contribution in [0.2, 0.25) is 19.6 Å². The van der Waals surface area contributed by atoms with Crippen molar-refractivity contribution < 1.29 is 14.0 Å². The molecule has 0 spiro atoms. The number of hydrogen-bond donors (Lipinski definition) is 0. The van der Waals surface area contributed by atoms with Crippen molar-refractivity contribution in [2.45, 2.75) is 19.6 Å². The van der Waals surface area contributed by atoms with Crippen molar-refractivity contribution in [2.75, 3.05) is 7.11 Å². The summed E-state index contributed by atoms with van der Waals surface area (Å²) in [6.07, 6.45) is 0.781. The number of carbonyl (C=O) groups is 1. The summed E-state index contributed by atoms with van der Waals surface area (Å²) >= 11 is 3.39. The fourth-order valence-corrected chi connectivity index (χ4v) is 2.73. The van der Waals surface area contributed by atoms with Crippen LogP contribution in [0.4, 0.5) is 0 Å². The number of benzene rings is 1. The molecule has 0 heterocycles. The molecule has 0 amide bonds. The maximum absolute atomic E-state index is 11.0. The first-order valence-electron chi connectivity index (χ1n) is 4.89. The summed E-state index contributed by atoms with van der Waals surface area (Å²) in [6, 6.07) is 3.47. The van der Waals surface area contributed by atoms with Crippen molar-refractivity contribution in [1.29, 1.82) is 0 Å². The first kappa shape index (κ1) is 13.3. The van der Waals surface area contributed by atoms with Crippen LogP contribution in [0.1, 0.15) is 10.4 Å². The lowest BCUT2D eigenvalue weighted by Gasteiger charge is -2.22. The van der Waals surface area contributed by atoms with Crippen LogP contribution < -0.4 is 9.16 Å². The van der Waals surface area contributed by atoms with Crippen LogP contribution in [0.25, 0.3) is 0 Å². The zero-order valence-electron chi connectivity index (χ0n) is 9.83. The molecule has 0 aliphatic rings. The SMILES string of the molecule is COc1cc(Br)c(O[Si](C)(C)C)c(C=O)c1. The zero-order chi connectivity index (χ0) is 12.3. The molecule has 16 heavy (non-hydrogen) atoms. The van der Waals surface area contributed by atoms with Gasteiger partial charge in [-0.25, -0.2) is 0 Å². The molecule has 0 aromatic heterocycles. The van der Waals surface area contributed by atoms with Gasteiger partial charge in [0, 0.05) is 0 Å². The topological polar surface area (TPSA) is 35.5 Å². The van der Waals surface area contributed by atoms with Gasteiger partial charge in [0.2, 0.25) is 8.32 Å². The Balaban J connectivity index is 3.22. The third-order valence-electron chi connectivity index (χ3n) is 1.82. The summed E-state index contributed by atoms with van der Waals surface area (Å²) in [6.45, 7) is 6.20. The standard InChI is InChI=1S/C11H15BrO3Si/c1-14-9-5-8(7-13)11(10(12)6-9)15-16(2,3)4/h5-7H,1-4H3. The molecule has 3 nitrogen and oxygen atoms in total. The lowest BCUT2D eigenvalue weighted by Crippen LogP contribution is -2.30.